The molecule has 2 aromatic rings. The number of nitrogens with zero attached hydrogens (tertiary/aromatic N) is 1. The van der Waals surface area contributed by atoms with Crippen LogP contribution in [0.2, 0.25) is 0 Å². The van der Waals surface area contributed by atoms with Gasteiger partial charge in [-0.1, -0.05) is 31.0 Å². The van der Waals surface area contributed by atoms with E-state index in [0.29, 0.717) is 25.0 Å². The highest BCUT2D eigenvalue weighted by molar-refractivity contribution is 5.88. The normalized spacial score (nSPS) is 15.3. The lowest BCUT2D eigenvalue weighted by atomic mass is 9.77. The molecule has 162 valence electrons. The molecule has 3 rings (SSSR count). The van der Waals surface area contributed by atoms with Crippen LogP contribution in [-0.2, 0) is 16.8 Å². The van der Waals surface area contributed by atoms with Crippen LogP contribution >= 0.6 is 0 Å². The second-order valence-corrected chi connectivity index (χ2v) is 7.55. The fourth-order valence-corrected chi connectivity index (χ4v) is 4.21. The van der Waals surface area contributed by atoms with Gasteiger partial charge in [0.1, 0.15) is 5.82 Å². The van der Waals surface area contributed by atoms with Crippen molar-refractivity contribution in [1.82, 2.24) is 4.90 Å². The number of halogens is 3. The smallest absolute Gasteiger partial charge is 0.387 e. The van der Waals surface area contributed by atoms with Crippen LogP contribution in [0.1, 0.15) is 43.7 Å². The molecule has 0 radical (unpaired) electrons. The first-order valence-electron chi connectivity index (χ1n) is 10.1. The number of hydrogen-bond donors (Lipinski definition) is 0. The van der Waals surface area contributed by atoms with Gasteiger partial charge in [-0.3, -0.25) is 4.79 Å². The summed E-state index contributed by atoms with van der Waals surface area (Å²) in [6, 6.07) is 10.9. The summed E-state index contributed by atoms with van der Waals surface area (Å²) in [5, 5.41) is 0. The first-order valence-corrected chi connectivity index (χ1v) is 10.1. The topological polar surface area (TPSA) is 38.8 Å². The molecule has 0 aliphatic heterocycles. The summed E-state index contributed by atoms with van der Waals surface area (Å²) < 4.78 is 49.0. The Labute approximate surface area is 174 Å². The van der Waals surface area contributed by atoms with E-state index in [1.54, 1.807) is 37.1 Å². The largest absolute Gasteiger partial charge is 0.490 e. The van der Waals surface area contributed by atoms with Crippen molar-refractivity contribution < 1.29 is 27.4 Å². The van der Waals surface area contributed by atoms with Crippen LogP contribution in [-0.4, -0.2) is 31.1 Å². The number of amides is 1. The van der Waals surface area contributed by atoms with E-state index in [4.69, 9.17) is 4.74 Å². The van der Waals surface area contributed by atoms with E-state index in [1.807, 2.05) is 6.07 Å². The van der Waals surface area contributed by atoms with Crippen molar-refractivity contribution in [3.63, 3.8) is 0 Å². The van der Waals surface area contributed by atoms with Crippen LogP contribution in [0, 0.1) is 5.82 Å². The third kappa shape index (κ3) is 4.71. The molecule has 1 saturated carbocycles. The SMILES string of the molecule is CCOc1cc(CN(C)C(=O)C2(c3cccc(F)c3)CCCC2)ccc1OC(F)F. The van der Waals surface area contributed by atoms with Crippen LogP contribution in [0.5, 0.6) is 11.5 Å². The number of likely N-dealkylation sites (N-methyl/N-ethyl adjacent to an activating group) is 1. The second-order valence-electron chi connectivity index (χ2n) is 7.55. The number of carbonyl (C=O) groups is 1. The minimum Gasteiger partial charge on any atom is -0.490 e. The lowest BCUT2D eigenvalue weighted by Gasteiger charge is -2.33. The van der Waals surface area contributed by atoms with Gasteiger partial charge in [-0.05, 0) is 55.2 Å². The van der Waals surface area contributed by atoms with Crippen LogP contribution in [0.3, 0.4) is 0 Å². The molecule has 0 heterocycles. The summed E-state index contributed by atoms with van der Waals surface area (Å²) in [5.41, 5.74) is 0.689. The van der Waals surface area contributed by atoms with Gasteiger partial charge in [0.05, 0.1) is 12.0 Å². The molecular formula is C23H26F3NO3. The summed E-state index contributed by atoms with van der Waals surface area (Å²) in [7, 11) is 1.70. The number of alkyl halides is 2. The van der Waals surface area contributed by atoms with Gasteiger partial charge in [0.2, 0.25) is 5.91 Å². The molecular weight excluding hydrogens is 395 g/mol. The van der Waals surface area contributed by atoms with E-state index >= 15 is 0 Å². The highest BCUT2D eigenvalue weighted by atomic mass is 19.3. The first-order chi connectivity index (χ1) is 14.4. The van der Waals surface area contributed by atoms with Crippen molar-refractivity contribution in [2.75, 3.05) is 13.7 Å². The summed E-state index contributed by atoms with van der Waals surface area (Å²) in [6.07, 6.45) is 3.16. The standard InChI is InChI=1S/C23H26F3NO3/c1-3-29-20-13-16(9-10-19(20)30-22(25)26)15-27(2)21(28)23(11-4-5-12-23)17-7-6-8-18(24)14-17/h6-10,13-14,22H,3-5,11-12,15H2,1-2H3. The number of benzene rings is 2. The molecule has 1 aliphatic carbocycles. The molecule has 1 aliphatic rings. The Balaban J connectivity index is 1.83. The minimum absolute atomic E-state index is 0.0448. The molecule has 0 unspecified atom stereocenters. The van der Waals surface area contributed by atoms with Crippen molar-refractivity contribution in [2.24, 2.45) is 0 Å². The van der Waals surface area contributed by atoms with E-state index in [0.717, 1.165) is 18.4 Å². The summed E-state index contributed by atoms with van der Waals surface area (Å²) in [4.78, 5) is 15.1. The Morgan fingerprint density at radius 2 is 1.87 bits per heavy atom. The van der Waals surface area contributed by atoms with Crippen molar-refractivity contribution in [3.8, 4) is 11.5 Å². The van der Waals surface area contributed by atoms with Crippen LogP contribution in [0.25, 0.3) is 0 Å². The van der Waals surface area contributed by atoms with Gasteiger partial charge in [-0.25, -0.2) is 4.39 Å². The van der Waals surface area contributed by atoms with Gasteiger partial charge >= 0.3 is 6.61 Å². The zero-order valence-corrected chi connectivity index (χ0v) is 17.2. The molecule has 0 bridgehead atoms. The van der Waals surface area contributed by atoms with E-state index < -0.39 is 12.0 Å². The van der Waals surface area contributed by atoms with E-state index in [9.17, 15) is 18.0 Å². The second kappa shape index (κ2) is 9.41. The first kappa shape index (κ1) is 22.0. The average Bonchev–Trinajstić information content (AvgIpc) is 3.20. The van der Waals surface area contributed by atoms with Gasteiger partial charge in [0, 0.05) is 13.6 Å². The minimum atomic E-state index is -2.95. The quantitative estimate of drug-likeness (QED) is 0.581. The molecule has 0 spiro atoms. The maximum atomic E-state index is 13.8. The van der Waals surface area contributed by atoms with E-state index in [2.05, 4.69) is 4.74 Å². The summed E-state index contributed by atoms with van der Waals surface area (Å²) in [5.74, 6) is -0.268. The van der Waals surface area contributed by atoms with Crippen molar-refractivity contribution in [3.05, 3.63) is 59.4 Å². The fourth-order valence-electron chi connectivity index (χ4n) is 4.21. The van der Waals surface area contributed by atoms with Gasteiger partial charge in [-0.2, -0.15) is 8.78 Å². The van der Waals surface area contributed by atoms with Crippen LogP contribution in [0.4, 0.5) is 13.2 Å². The third-order valence-corrected chi connectivity index (χ3v) is 5.53. The van der Waals surface area contributed by atoms with Crippen LogP contribution in [0.15, 0.2) is 42.5 Å². The van der Waals surface area contributed by atoms with Gasteiger partial charge in [-0.15, -0.1) is 0 Å². The molecule has 1 amide bonds. The Morgan fingerprint density at radius 3 is 2.50 bits per heavy atom. The third-order valence-electron chi connectivity index (χ3n) is 5.53. The van der Waals surface area contributed by atoms with Crippen molar-refractivity contribution in [2.45, 2.75) is 51.2 Å². The predicted octanol–water partition coefficient (Wildman–Crippen LogP) is 5.30. The van der Waals surface area contributed by atoms with Crippen molar-refractivity contribution in [1.29, 1.82) is 0 Å². The van der Waals surface area contributed by atoms with E-state index in [-0.39, 0.29) is 29.8 Å². The number of ether oxygens (including phenoxy) is 2. The van der Waals surface area contributed by atoms with Gasteiger partial charge in [0.25, 0.3) is 0 Å². The van der Waals surface area contributed by atoms with Gasteiger partial charge < -0.3 is 14.4 Å². The summed E-state index contributed by atoms with van der Waals surface area (Å²) in [6.45, 7) is -0.643. The Hall–Kier alpha value is -2.70. The molecule has 4 nitrogen and oxygen atoms in total. The molecule has 30 heavy (non-hydrogen) atoms. The number of carbonyl (C=O) groups excluding carboxylic acids is 1. The Bertz CT molecular complexity index is 882. The van der Waals surface area contributed by atoms with Crippen molar-refractivity contribution >= 4 is 5.91 Å². The molecule has 2 aromatic carbocycles. The summed E-state index contributed by atoms with van der Waals surface area (Å²) >= 11 is 0. The Morgan fingerprint density at radius 1 is 1.13 bits per heavy atom. The highest BCUT2D eigenvalue weighted by Crippen LogP contribution is 2.43. The fraction of sp³-hybridized carbons (Fsp3) is 0.435. The lowest BCUT2D eigenvalue weighted by molar-refractivity contribution is -0.136. The molecule has 1 fully saturated rings. The predicted molar refractivity (Wildman–Crippen MR) is 107 cm³/mol. The average molecular weight is 421 g/mol. The monoisotopic (exact) mass is 421 g/mol. The van der Waals surface area contributed by atoms with Crippen LogP contribution < -0.4 is 9.47 Å². The molecule has 0 saturated heterocycles. The van der Waals surface area contributed by atoms with E-state index in [1.165, 1.54) is 18.2 Å². The zero-order valence-electron chi connectivity index (χ0n) is 17.2. The maximum absolute atomic E-state index is 13.8. The Kier molecular flexibility index (Phi) is 6.90. The zero-order chi connectivity index (χ0) is 21.7. The molecule has 0 N–H and O–H groups in total. The number of hydrogen-bond acceptors (Lipinski definition) is 3. The molecule has 0 atom stereocenters. The van der Waals surface area contributed by atoms with Gasteiger partial charge in [0.15, 0.2) is 11.5 Å². The lowest BCUT2D eigenvalue weighted by Crippen LogP contribution is -2.43. The molecule has 7 heteroatoms. The highest BCUT2D eigenvalue weighted by Gasteiger charge is 2.44. The molecule has 0 aromatic heterocycles. The maximum Gasteiger partial charge on any atom is 0.387 e. The number of rotatable bonds is 8.